The van der Waals surface area contributed by atoms with Gasteiger partial charge in [-0.2, -0.15) is 0 Å². The maximum absolute atomic E-state index is 10.9. The van der Waals surface area contributed by atoms with Crippen LogP contribution in [0.25, 0.3) is 11.0 Å². The Morgan fingerprint density at radius 2 is 2.30 bits per heavy atom. The van der Waals surface area contributed by atoms with Gasteiger partial charge in [0.15, 0.2) is 5.16 Å². The van der Waals surface area contributed by atoms with E-state index in [0.29, 0.717) is 5.58 Å². The predicted molar refractivity (Wildman–Crippen MR) is 75.9 cm³/mol. The third kappa shape index (κ3) is 2.42. The first-order valence-corrected chi connectivity index (χ1v) is 6.98. The van der Waals surface area contributed by atoms with Gasteiger partial charge < -0.3 is 14.1 Å². The Kier molecular flexibility index (Phi) is 3.23. The summed E-state index contributed by atoms with van der Waals surface area (Å²) in [6.07, 6.45) is 3.67. The molecule has 2 aromatic heterocycles. The lowest BCUT2D eigenvalue weighted by Crippen LogP contribution is -1.91. The van der Waals surface area contributed by atoms with Gasteiger partial charge in [0, 0.05) is 30.6 Å². The molecule has 0 aliphatic heterocycles. The lowest BCUT2D eigenvalue weighted by atomic mass is 10.2. The number of imidazole rings is 1. The number of hydrogen-bond donors (Lipinski definition) is 1. The van der Waals surface area contributed by atoms with Gasteiger partial charge in [-0.05, 0) is 23.8 Å². The molecule has 0 radical (unpaired) electrons. The molecule has 0 unspecified atom stereocenters. The highest BCUT2D eigenvalue weighted by Crippen LogP contribution is 2.25. The number of carboxylic acids is 1. The van der Waals surface area contributed by atoms with Crippen molar-refractivity contribution in [1.29, 1.82) is 0 Å². The minimum Gasteiger partial charge on any atom is -0.475 e. The number of hydrogen-bond acceptors (Lipinski definition) is 4. The number of thioether (sulfide) groups is 1. The SMILES string of the molecule is Cn1ccnc1SCc1ccc2oc(C(=O)O)cc2c1. The molecule has 0 fully saturated rings. The molecule has 0 aliphatic rings. The second kappa shape index (κ2) is 5.05. The molecule has 3 aromatic rings. The summed E-state index contributed by atoms with van der Waals surface area (Å²) in [6, 6.07) is 7.23. The summed E-state index contributed by atoms with van der Waals surface area (Å²) in [6.45, 7) is 0. The third-order valence-electron chi connectivity index (χ3n) is 2.94. The lowest BCUT2D eigenvalue weighted by Gasteiger charge is -2.02. The first-order valence-electron chi connectivity index (χ1n) is 5.99. The van der Waals surface area contributed by atoms with E-state index in [4.69, 9.17) is 9.52 Å². The van der Waals surface area contributed by atoms with Gasteiger partial charge >= 0.3 is 5.97 Å². The Hall–Kier alpha value is -2.21. The summed E-state index contributed by atoms with van der Waals surface area (Å²) in [4.78, 5) is 15.1. The van der Waals surface area contributed by atoms with Gasteiger partial charge in [0.05, 0.1) is 0 Å². The summed E-state index contributed by atoms with van der Waals surface area (Å²) in [5.74, 6) is -0.312. The van der Waals surface area contributed by atoms with Crippen molar-refractivity contribution in [2.45, 2.75) is 10.9 Å². The Labute approximate surface area is 119 Å². The van der Waals surface area contributed by atoms with Crippen molar-refractivity contribution in [3.8, 4) is 0 Å². The molecular weight excluding hydrogens is 276 g/mol. The number of carbonyl (C=O) groups is 1. The predicted octanol–water partition coefficient (Wildman–Crippen LogP) is 3.16. The van der Waals surface area contributed by atoms with Crippen molar-refractivity contribution < 1.29 is 14.3 Å². The first kappa shape index (κ1) is 12.8. The normalized spacial score (nSPS) is 11.1. The molecule has 0 spiro atoms. The zero-order valence-electron chi connectivity index (χ0n) is 10.7. The summed E-state index contributed by atoms with van der Waals surface area (Å²) < 4.78 is 7.19. The summed E-state index contributed by atoms with van der Waals surface area (Å²) in [5, 5.41) is 10.7. The van der Waals surface area contributed by atoms with Gasteiger partial charge in [0.2, 0.25) is 5.76 Å². The molecule has 2 heterocycles. The van der Waals surface area contributed by atoms with Crippen LogP contribution < -0.4 is 0 Å². The minimum absolute atomic E-state index is 0.0334. The number of aryl methyl sites for hydroxylation is 1. The molecular formula is C14H12N2O3S. The maximum Gasteiger partial charge on any atom is 0.371 e. The van der Waals surface area contributed by atoms with Crippen LogP contribution in [0.15, 0.2) is 46.2 Å². The molecule has 0 saturated heterocycles. The molecule has 0 amide bonds. The number of benzene rings is 1. The van der Waals surface area contributed by atoms with Crippen molar-refractivity contribution in [1.82, 2.24) is 9.55 Å². The largest absolute Gasteiger partial charge is 0.475 e. The van der Waals surface area contributed by atoms with Crippen LogP contribution in [0.1, 0.15) is 16.1 Å². The number of furan rings is 1. The van der Waals surface area contributed by atoms with Crippen molar-refractivity contribution in [2.24, 2.45) is 7.05 Å². The van der Waals surface area contributed by atoms with E-state index in [-0.39, 0.29) is 5.76 Å². The third-order valence-corrected chi connectivity index (χ3v) is 4.07. The number of aromatic nitrogens is 2. The quantitative estimate of drug-likeness (QED) is 0.747. The van der Waals surface area contributed by atoms with E-state index in [9.17, 15) is 4.79 Å². The number of aromatic carboxylic acids is 1. The summed E-state index contributed by atoms with van der Waals surface area (Å²) in [7, 11) is 1.95. The van der Waals surface area contributed by atoms with Crippen molar-refractivity contribution in [2.75, 3.05) is 0 Å². The fourth-order valence-electron chi connectivity index (χ4n) is 1.93. The molecule has 0 aliphatic carbocycles. The Morgan fingerprint density at radius 3 is 3.00 bits per heavy atom. The second-order valence-electron chi connectivity index (χ2n) is 4.40. The van der Waals surface area contributed by atoms with E-state index in [1.165, 1.54) is 0 Å². The maximum atomic E-state index is 10.9. The minimum atomic E-state index is -1.05. The van der Waals surface area contributed by atoms with E-state index >= 15 is 0 Å². The number of carboxylic acid groups (broad SMARTS) is 1. The number of fused-ring (bicyclic) bond motifs is 1. The standard InChI is InChI=1S/C14H12N2O3S/c1-16-5-4-15-14(16)20-8-9-2-3-11-10(6-9)7-12(19-11)13(17)18/h2-7H,8H2,1H3,(H,17,18). The van der Waals surface area contributed by atoms with Crippen molar-refractivity contribution in [3.05, 3.63) is 48.0 Å². The second-order valence-corrected chi connectivity index (χ2v) is 5.34. The highest BCUT2D eigenvalue weighted by Gasteiger charge is 2.10. The molecule has 20 heavy (non-hydrogen) atoms. The average molecular weight is 288 g/mol. The van der Waals surface area contributed by atoms with Crippen LogP contribution in [0.4, 0.5) is 0 Å². The smallest absolute Gasteiger partial charge is 0.371 e. The van der Waals surface area contributed by atoms with Crippen LogP contribution in [0.5, 0.6) is 0 Å². The number of rotatable bonds is 4. The van der Waals surface area contributed by atoms with Gasteiger partial charge in [0.1, 0.15) is 5.58 Å². The molecule has 3 rings (SSSR count). The van der Waals surface area contributed by atoms with E-state index < -0.39 is 5.97 Å². The van der Waals surface area contributed by atoms with E-state index in [1.807, 2.05) is 29.9 Å². The van der Waals surface area contributed by atoms with Crippen molar-refractivity contribution in [3.63, 3.8) is 0 Å². The van der Waals surface area contributed by atoms with E-state index in [2.05, 4.69) is 4.98 Å². The number of nitrogens with zero attached hydrogens (tertiary/aromatic N) is 2. The highest BCUT2D eigenvalue weighted by atomic mass is 32.2. The van der Waals surface area contributed by atoms with Crippen LogP contribution in [0.3, 0.4) is 0 Å². The Morgan fingerprint density at radius 1 is 1.45 bits per heavy atom. The monoisotopic (exact) mass is 288 g/mol. The molecule has 0 bridgehead atoms. The molecule has 6 heteroatoms. The summed E-state index contributed by atoms with van der Waals surface area (Å²) in [5.41, 5.74) is 1.69. The molecule has 102 valence electrons. The van der Waals surface area contributed by atoms with Gasteiger partial charge in [0.25, 0.3) is 0 Å². The fourth-order valence-corrected chi connectivity index (χ4v) is 2.80. The van der Waals surface area contributed by atoms with Gasteiger partial charge in [-0.25, -0.2) is 9.78 Å². The Bertz CT molecular complexity index is 776. The zero-order valence-corrected chi connectivity index (χ0v) is 11.6. The first-order chi connectivity index (χ1) is 9.63. The zero-order chi connectivity index (χ0) is 14.1. The van der Waals surface area contributed by atoms with Crippen LogP contribution in [0, 0.1) is 0 Å². The van der Waals surface area contributed by atoms with Gasteiger partial charge in [-0.3, -0.25) is 0 Å². The van der Waals surface area contributed by atoms with E-state index in [0.717, 1.165) is 21.9 Å². The van der Waals surface area contributed by atoms with Crippen molar-refractivity contribution >= 4 is 28.7 Å². The fraction of sp³-hybridized carbons (Fsp3) is 0.143. The molecule has 0 saturated carbocycles. The highest BCUT2D eigenvalue weighted by molar-refractivity contribution is 7.98. The lowest BCUT2D eigenvalue weighted by molar-refractivity contribution is 0.0665. The van der Waals surface area contributed by atoms with Crippen LogP contribution in [-0.2, 0) is 12.8 Å². The van der Waals surface area contributed by atoms with E-state index in [1.54, 1.807) is 30.1 Å². The topological polar surface area (TPSA) is 68.3 Å². The van der Waals surface area contributed by atoms with Crippen LogP contribution >= 0.6 is 11.8 Å². The average Bonchev–Trinajstić information content (AvgIpc) is 3.01. The molecule has 1 aromatic carbocycles. The van der Waals surface area contributed by atoms with Crippen LogP contribution in [0.2, 0.25) is 0 Å². The van der Waals surface area contributed by atoms with Gasteiger partial charge in [-0.15, -0.1) is 0 Å². The van der Waals surface area contributed by atoms with Gasteiger partial charge in [-0.1, -0.05) is 17.8 Å². The van der Waals surface area contributed by atoms with Crippen LogP contribution in [-0.4, -0.2) is 20.6 Å². The Balaban J connectivity index is 1.82. The molecule has 1 N–H and O–H groups in total. The molecule has 5 nitrogen and oxygen atoms in total. The summed E-state index contributed by atoms with van der Waals surface area (Å²) >= 11 is 1.63. The molecule has 0 atom stereocenters.